The van der Waals surface area contributed by atoms with E-state index in [-0.39, 0.29) is 12.5 Å². The molecular weight excluding hydrogens is 174 g/mol. The fourth-order valence-corrected chi connectivity index (χ4v) is 0.673. The second-order valence-electron chi connectivity index (χ2n) is 2.66. The van der Waals surface area contributed by atoms with Gasteiger partial charge in [0, 0.05) is 13.7 Å². The van der Waals surface area contributed by atoms with Gasteiger partial charge in [0.15, 0.2) is 0 Å². The maximum Gasteiger partial charge on any atom is 0.326 e. The molecule has 0 fully saturated rings. The highest BCUT2D eigenvalue weighted by Crippen LogP contribution is 1.96. The fourth-order valence-electron chi connectivity index (χ4n) is 0.673. The van der Waals surface area contributed by atoms with E-state index in [0.717, 1.165) is 4.90 Å². The van der Waals surface area contributed by atoms with Gasteiger partial charge in [-0.1, -0.05) is 0 Å². The highest BCUT2D eigenvalue weighted by Gasteiger charge is 2.20. The number of carbonyl (C=O) groups is 2. The highest BCUT2D eigenvalue weighted by molar-refractivity contribution is 5.83. The van der Waals surface area contributed by atoms with Crippen molar-refractivity contribution in [2.24, 2.45) is 0 Å². The van der Waals surface area contributed by atoms with E-state index in [9.17, 15) is 9.59 Å². The van der Waals surface area contributed by atoms with Crippen molar-refractivity contribution in [1.29, 1.82) is 0 Å². The predicted molar refractivity (Wildman–Crippen MR) is 46.4 cm³/mol. The molecule has 13 heavy (non-hydrogen) atoms. The van der Waals surface area contributed by atoms with Gasteiger partial charge in [-0.3, -0.25) is 4.79 Å². The maximum atomic E-state index is 11.2. The van der Waals surface area contributed by atoms with Crippen LogP contribution in [0.3, 0.4) is 0 Å². The minimum Gasteiger partial charge on any atom is -0.480 e. The van der Waals surface area contributed by atoms with Gasteiger partial charge in [0.2, 0.25) is 5.91 Å². The number of rotatable bonds is 5. The average Bonchev–Trinajstić information content (AvgIpc) is 2.11. The van der Waals surface area contributed by atoms with Crippen molar-refractivity contribution in [2.45, 2.75) is 19.9 Å². The van der Waals surface area contributed by atoms with Gasteiger partial charge in [-0.05, 0) is 13.8 Å². The monoisotopic (exact) mass is 189 g/mol. The van der Waals surface area contributed by atoms with Gasteiger partial charge in [-0.2, -0.15) is 0 Å². The molecule has 0 aromatic rings. The fraction of sp³-hybridized carbons (Fsp3) is 0.750. The summed E-state index contributed by atoms with van der Waals surface area (Å²) < 4.78 is 4.86. The van der Waals surface area contributed by atoms with Crippen molar-refractivity contribution in [3.63, 3.8) is 0 Å². The van der Waals surface area contributed by atoms with Crippen LogP contribution in [-0.4, -0.2) is 48.2 Å². The van der Waals surface area contributed by atoms with Gasteiger partial charge in [-0.15, -0.1) is 0 Å². The van der Waals surface area contributed by atoms with Crippen molar-refractivity contribution in [3.8, 4) is 0 Å². The smallest absolute Gasteiger partial charge is 0.326 e. The van der Waals surface area contributed by atoms with Crippen LogP contribution in [0.1, 0.15) is 13.8 Å². The van der Waals surface area contributed by atoms with Crippen LogP contribution < -0.4 is 0 Å². The average molecular weight is 189 g/mol. The molecule has 0 radical (unpaired) electrons. The molecule has 0 aliphatic heterocycles. The Bertz CT molecular complexity index is 193. The van der Waals surface area contributed by atoms with E-state index in [1.165, 1.54) is 14.0 Å². The van der Waals surface area contributed by atoms with E-state index in [4.69, 9.17) is 9.84 Å². The third-order valence-electron chi connectivity index (χ3n) is 1.76. The Morgan fingerprint density at radius 2 is 2.08 bits per heavy atom. The summed E-state index contributed by atoms with van der Waals surface area (Å²) in [4.78, 5) is 22.8. The third-order valence-corrected chi connectivity index (χ3v) is 1.76. The number of hydrogen-bond donors (Lipinski definition) is 1. The molecule has 5 heteroatoms. The van der Waals surface area contributed by atoms with Crippen LogP contribution in [0.2, 0.25) is 0 Å². The molecule has 0 aromatic carbocycles. The number of carboxylic acids is 1. The number of ether oxygens (including phenoxy) is 1. The molecule has 0 aromatic heterocycles. The molecule has 1 atom stereocenters. The number of carbonyl (C=O) groups excluding carboxylic acids is 1. The van der Waals surface area contributed by atoms with Crippen molar-refractivity contribution >= 4 is 11.9 Å². The first-order valence-electron chi connectivity index (χ1n) is 4.06. The minimum atomic E-state index is -1.02. The van der Waals surface area contributed by atoms with Crippen LogP contribution in [0.5, 0.6) is 0 Å². The molecular formula is C8H15NO4. The lowest BCUT2D eigenvalue weighted by Gasteiger charge is -2.20. The summed E-state index contributed by atoms with van der Waals surface area (Å²) in [5, 5.41) is 8.59. The normalized spacial score (nSPS) is 12.2. The first-order valence-corrected chi connectivity index (χ1v) is 4.06. The standard InChI is InChI=1S/C8H15NO4/c1-4-13-5-7(10)9(3)6(2)8(11)12/h6H,4-5H2,1-3H3,(H,11,12). The lowest BCUT2D eigenvalue weighted by Crippen LogP contribution is -2.42. The van der Waals surface area contributed by atoms with Crippen LogP contribution in [0, 0.1) is 0 Å². The van der Waals surface area contributed by atoms with Gasteiger partial charge >= 0.3 is 5.97 Å². The second kappa shape index (κ2) is 5.53. The number of likely N-dealkylation sites (N-methyl/N-ethyl adjacent to an activating group) is 1. The van der Waals surface area contributed by atoms with Crippen LogP contribution in [0.4, 0.5) is 0 Å². The Labute approximate surface area is 77.3 Å². The third kappa shape index (κ3) is 3.89. The summed E-state index contributed by atoms with van der Waals surface area (Å²) in [5.74, 6) is -1.34. The number of nitrogens with zero attached hydrogens (tertiary/aromatic N) is 1. The van der Waals surface area contributed by atoms with Crippen LogP contribution >= 0.6 is 0 Å². The predicted octanol–water partition coefficient (Wildman–Crippen LogP) is -0.0456. The van der Waals surface area contributed by atoms with E-state index in [2.05, 4.69) is 0 Å². The first-order chi connectivity index (χ1) is 6.00. The van der Waals surface area contributed by atoms with E-state index in [0.29, 0.717) is 6.61 Å². The number of hydrogen-bond acceptors (Lipinski definition) is 3. The molecule has 0 bridgehead atoms. The molecule has 1 N–H and O–H groups in total. The Morgan fingerprint density at radius 3 is 2.46 bits per heavy atom. The van der Waals surface area contributed by atoms with Gasteiger partial charge in [0.1, 0.15) is 12.6 Å². The first kappa shape index (κ1) is 11.9. The van der Waals surface area contributed by atoms with Gasteiger partial charge in [0.05, 0.1) is 0 Å². The SMILES string of the molecule is CCOCC(=O)N(C)C(C)C(=O)O. The van der Waals surface area contributed by atoms with Crippen molar-refractivity contribution in [1.82, 2.24) is 4.90 Å². The molecule has 0 saturated heterocycles. The van der Waals surface area contributed by atoms with E-state index in [1.807, 2.05) is 0 Å². The molecule has 0 rings (SSSR count). The van der Waals surface area contributed by atoms with Gasteiger partial charge in [-0.25, -0.2) is 4.79 Å². The zero-order valence-corrected chi connectivity index (χ0v) is 8.11. The summed E-state index contributed by atoms with van der Waals surface area (Å²) in [7, 11) is 1.44. The molecule has 0 aliphatic carbocycles. The zero-order chi connectivity index (χ0) is 10.4. The molecule has 0 aliphatic rings. The van der Waals surface area contributed by atoms with Crippen LogP contribution in [0.15, 0.2) is 0 Å². The molecule has 0 saturated carbocycles. The number of amides is 1. The minimum absolute atomic E-state index is 0.0649. The Morgan fingerprint density at radius 1 is 1.54 bits per heavy atom. The van der Waals surface area contributed by atoms with E-state index < -0.39 is 12.0 Å². The van der Waals surface area contributed by atoms with Crippen molar-refractivity contribution in [3.05, 3.63) is 0 Å². The van der Waals surface area contributed by atoms with Gasteiger partial charge in [0.25, 0.3) is 0 Å². The van der Waals surface area contributed by atoms with Crippen LogP contribution in [0.25, 0.3) is 0 Å². The van der Waals surface area contributed by atoms with E-state index in [1.54, 1.807) is 6.92 Å². The summed E-state index contributed by atoms with van der Waals surface area (Å²) in [6.07, 6.45) is 0. The molecule has 0 heterocycles. The van der Waals surface area contributed by atoms with Crippen LogP contribution in [-0.2, 0) is 14.3 Å². The lowest BCUT2D eigenvalue weighted by molar-refractivity contribution is -0.150. The van der Waals surface area contributed by atoms with Crippen molar-refractivity contribution in [2.75, 3.05) is 20.3 Å². The Balaban J connectivity index is 4.01. The lowest BCUT2D eigenvalue weighted by atomic mass is 10.3. The largest absolute Gasteiger partial charge is 0.480 e. The topological polar surface area (TPSA) is 66.8 Å². The molecule has 76 valence electrons. The van der Waals surface area contributed by atoms with Gasteiger partial charge < -0.3 is 14.7 Å². The second-order valence-corrected chi connectivity index (χ2v) is 2.66. The molecule has 1 unspecified atom stereocenters. The Kier molecular flexibility index (Phi) is 5.06. The molecule has 5 nitrogen and oxygen atoms in total. The zero-order valence-electron chi connectivity index (χ0n) is 8.11. The summed E-state index contributed by atoms with van der Waals surface area (Å²) in [6.45, 7) is 3.60. The number of aliphatic carboxylic acids is 1. The quantitative estimate of drug-likeness (QED) is 0.658. The molecule has 0 spiro atoms. The summed E-state index contributed by atoms with van der Waals surface area (Å²) >= 11 is 0. The number of carboxylic acid groups (broad SMARTS) is 1. The summed E-state index contributed by atoms with van der Waals surface area (Å²) in [6, 6.07) is -0.812. The summed E-state index contributed by atoms with van der Waals surface area (Å²) in [5.41, 5.74) is 0. The maximum absolute atomic E-state index is 11.2. The molecule has 1 amide bonds. The van der Waals surface area contributed by atoms with Crippen molar-refractivity contribution < 1.29 is 19.4 Å². The van der Waals surface area contributed by atoms with E-state index >= 15 is 0 Å². The Hall–Kier alpha value is -1.10. The highest BCUT2D eigenvalue weighted by atomic mass is 16.5.